The number of aromatic nitrogens is 2. The van der Waals surface area contributed by atoms with Crippen molar-refractivity contribution < 1.29 is 17.6 Å². The number of nitrogens with zero attached hydrogens (tertiary/aromatic N) is 4. The normalized spacial score (nSPS) is 21.6. The molecule has 3 fully saturated rings. The van der Waals surface area contributed by atoms with E-state index in [1.165, 1.54) is 12.3 Å². The predicted molar refractivity (Wildman–Crippen MR) is 154 cm³/mol. The van der Waals surface area contributed by atoms with E-state index >= 15 is 0 Å². The molecule has 0 saturated heterocycles. The maximum absolute atomic E-state index is 14.0. The van der Waals surface area contributed by atoms with Crippen molar-refractivity contribution in [1.29, 1.82) is 5.26 Å². The van der Waals surface area contributed by atoms with E-state index in [-0.39, 0.29) is 22.4 Å². The Morgan fingerprint density at radius 1 is 1.21 bits per heavy atom. The number of hydrogen-bond acceptors (Lipinski definition) is 8. The third-order valence-electron chi connectivity index (χ3n) is 8.85. The third-order valence-corrected chi connectivity index (χ3v) is 8.85. The maximum Gasteiger partial charge on any atom is 0.395 e. The van der Waals surface area contributed by atoms with E-state index in [0.29, 0.717) is 27.8 Å². The van der Waals surface area contributed by atoms with Gasteiger partial charge in [0.1, 0.15) is 6.07 Å². The second-order valence-corrected chi connectivity index (χ2v) is 12.2. The van der Waals surface area contributed by atoms with Gasteiger partial charge in [-0.25, -0.2) is 4.98 Å². The number of fused-ring (bicyclic) bond motifs is 1. The molecule has 222 valence electrons. The molecule has 8 nitrogen and oxygen atoms in total. The zero-order chi connectivity index (χ0) is 30.7. The van der Waals surface area contributed by atoms with Crippen molar-refractivity contribution in [3.05, 3.63) is 70.7 Å². The number of benzene rings is 1. The van der Waals surface area contributed by atoms with E-state index in [9.17, 15) is 22.8 Å². The summed E-state index contributed by atoms with van der Waals surface area (Å²) < 4.78 is 55.0. The number of nitriles is 1. The lowest BCUT2D eigenvalue weighted by atomic mass is 9.49. The van der Waals surface area contributed by atoms with Crippen molar-refractivity contribution in [3.8, 4) is 18.4 Å². The molecule has 4 aliphatic rings. The fraction of sp³-hybridized carbons (Fsp3) is 0.387. The second-order valence-electron chi connectivity index (χ2n) is 12.2. The molecule has 12 heteroatoms. The van der Waals surface area contributed by atoms with Crippen LogP contribution in [0.15, 0.2) is 42.4 Å². The molecule has 1 aromatic carbocycles. The van der Waals surface area contributed by atoms with Crippen molar-refractivity contribution in [2.45, 2.75) is 57.8 Å². The van der Waals surface area contributed by atoms with Gasteiger partial charge in [-0.15, -0.1) is 12.0 Å². The summed E-state index contributed by atoms with van der Waals surface area (Å²) in [5.74, 6) is 2.65. The second kappa shape index (κ2) is 10.0. The Labute approximate surface area is 246 Å². The molecule has 1 atom stereocenters. The molecule has 4 N–H and O–H groups in total. The number of terminal acetylenes is 1. The first-order valence-corrected chi connectivity index (χ1v) is 13.9. The van der Waals surface area contributed by atoms with Crippen LogP contribution in [0.3, 0.4) is 0 Å². The molecule has 0 amide bonds. The van der Waals surface area contributed by atoms with Crippen molar-refractivity contribution in [1.82, 2.24) is 25.9 Å². The van der Waals surface area contributed by atoms with E-state index in [0.717, 1.165) is 44.7 Å². The topological polar surface area (TPSA) is 101 Å². The van der Waals surface area contributed by atoms with Gasteiger partial charge in [0.25, 0.3) is 0 Å². The van der Waals surface area contributed by atoms with Gasteiger partial charge < -0.3 is 16.1 Å². The average Bonchev–Trinajstić information content (AvgIpc) is 3.37. The zero-order valence-electron chi connectivity index (χ0n) is 23.8. The van der Waals surface area contributed by atoms with Gasteiger partial charge in [0.05, 0.1) is 45.0 Å². The zero-order valence-corrected chi connectivity index (χ0v) is 23.8. The Morgan fingerprint density at radius 2 is 1.95 bits per heavy atom. The monoisotopic (exact) mass is 590 g/mol. The molecule has 3 saturated carbocycles. The Bertz CT molecular complexity index is 1720. The van der Waals surface area contributed by atoms with Crippen LogP contribution < -0.4 is 21.6 Å². The average molecular weight is 591 g/mol. The number of hydrogen-bond donors (Lipinski definition) is 4. The van der Waals surface area contributed by atoms with Crippen LogP contribution in [0.5, 0.6) is 0 Å². The molecule has 43 heavy (non-hydrogen) atoms. The molecule has 7 rings (SSSR count). The molecular formula is C31H30F4N8. The molecule has 0 unspecified atom stereocenters. The van der Waals surface area contributed by atoms with Crippen molar-refractivity contribution >= 4 is 22.3 Å². The summed E-state index contributed by atoms with van der Waals surface area (Å²) in [6, 6.07) is 7.86. The Balaban J connectivity index is 1.42. The summed E-state index contributed by atoms with van der Waals surface area (Å²) in [5.41, 5.74) is 7.95. The molecule has 3 heterocycles. The van der Waals surface area contributed by atoms with Gasteiger partial charge in [0.15, 0.2) is 0 Å². The van der Waals surface area contributed by atoms with E-state index in [1.807, 2.05) is 6.20 Å². The van der Waals surface area contributed by atoms with Crippen LogP contribution in [0.2, 0.25) is 0 Å². The number of pyridine rings is 2. The Hall–Kier alpha value is -4.55. The van der Waals surface area contributed by atoms with Crippen molar-refractivity contribution in [2.75, 3.05) is 17.2 Å². The first-order valence-electron chi connectivity index (χ1n) is 13.9. The number of hydrazine groups is 2. The van der Waals surface area contributed by atoms with Crippen LogP contribution in [0.25, 0.3) is 10.9 Å². The lowest BCUT2D eigenvalue weighted by Crippen LogP contribution is -2.69. The molecule has 0 radical (unpaired) electrons. The third kappa shape index (κ3) is 4.86. The molecule has 1 aliphatic heterocycles. The molecule has 3 aliphatic carbocycles. The number of nitrogens with one attached hydrogen (secondary N) is 4. The van der Waals surface area contributed by atoms with Gasteiger partial charge in [-0.2, -0.15) is 22.8 Å². The summed E-state index contributed by atoms with van der Waals surface area (Å²) in [6.45, 7) is 3.46. The van der Waals surface area contributed by atoms with Crippen molar-refractivity contribution in [2.24, 2.45) is 11.3 Å². The largest absolute Gasteiger partial charge is 0.395 e. The number of aryl methyl sites for hydroxylation is 1. The van der Waals surface area contributed by atoms with E-state index < -0.39 is 30.1 Å². The summed E-state index contributed by atoms with van der Waals surface area (Å²) in [7, 11) is 0. The van der Waals surface area contributed by atoms with Crippen LogP contribution in [0.1, 0.15) is 61.5 Å². The summed E-state index contributed by atoms with van der Waals surface area (Å²) in [5, 5.41) is 18.8. The number of alkyl halides is 3. The van der Waals surface area contributed by atoms with Crippen LogP contribution >= 0.6 is 0 Å². The molecule has 3 aromatic rings. The van der Waals surface area contributed by atoms with Gasteiger partial charge in [0.2, 0.25) is 5.95 Å². The van der Waals surface area contributed by atoms with E-state index in [4.69, 9.17) is 6.42 Å². The summed E-state index contributed by atoms with van der Waals surface area (Å²) in [4.78, 5) is 8.38. The smallest absolute Gasteiger partial charge is 0.383 e. The van der Waals surface area contributed by atoms with Gasteiger partial charge in [-0.05, 0) is 64.2 Å². The fourth-order valence-electron chi connectivity index (χ4n) is 5.98. The Morgan fingerprint density at radius 3 is 2.56 bits per heavy atom. The molecule has 2 aromatic heterocycles. The number of rotatable bonds is 8. The summed E-state index contributed by atoms with van der Waals surface area (Å²) >= 11 is 0. The molecule has 2 bridgehead atoms. The lowest BCUT2D eigenvalue weighted by molar-refractivity contribution is -0.206. The number of anilines is 2. The van der Waals surface area contributed by atoms with Crippen molar-refractivity contribution in [3.63, 3.8) is 0 Å². The minimum Gasteiger partial charge on any atom is -0.383 e. The van der Waals surface area contributed by atoms with Gasteiger partial charge in [-0.3, -0.25) is 9.99 Å². The van der Waals surface area contributed by atoms with Gasteiger partial charge in [-0.1, -0.05) is 12.0 Å². The van der Waals surface area contributed by atoms with Crippen LogP contribution in [0.4, 0.5) is 28.9 Å². The van der Waals surface area contributed by atoms with E-state index in [2.05, 4.69) is 48.6 Å². The summed E-state index contributed by atoms with van der Waals surface area (Å²) in [6.07, 6.45) is 7.96. The molecular weight excluding hydrogens is 560 g/mol. The predicted octanol–water partition coefficient (Wildman–Crippen LogP) is 5.80. The van der Waals surface area contributed by atoms with Crippen LogP contribution in [-0.4, -0.2) is 33.2 Å². The van der Waals surface area contributed by atoms with Gasteiger partial charge in [0, 0.05) is 41.3 Å². The van der Waals surface area contributed by atoms with Gasteiger partial charge >= 0.3 is 6.18 Å². The standard InChI is InChI=1S/C31H30F4N8/c1-5-19-14-37-27-20(13-36)8-21(9-23(27)26(19)38-16-29(3,4)31(33,34)35)40-28(22-6-7-25(32)39-17(22)2)24-15-43(42-41-24)30-10-18(11-30)12-30/h1,6-9,14-15,18,28,40-42H,10-12,16H2,2-4H3,(H,37,38)/t18?,28-,30?/m0/s1. The van der Waals surface area contributed by atoms with E-state index in [1.54, 1.807) is 25.1 Å². The highest BCUT2D eigenvalue weighted by molar-refractivity contribution is 5.99. The lowest BCUT2D eigenvalue weighted by Gasteiger charge is -2.64. The minimum atomic E-state index is -4.46. The minimum absolute atomic E-state index is 0.0824. The number of halogens is 4. The Kier molecular flexibility index (Phi) is 6.66. The molecule has 0 spiro atoms. The van der Waals surface area contributed by atoms with Crippen LogP contribution in [0, 0.1) is 47.9 Å². The SMILES string of the molecule is C#Cc1cnc2c(C#N)cc(N[C@H](C3=CN(C45CC(C4)C5)NN3)c3ccc(F)nc3C)cc2c1NCC(C)(C)C(F)(F)F. The first kappa shape index (κ1) is 28.6. The fourth-order valence-corrected chi connectivity index (χ4v) is 5.98. The maximum atomic E-state index is 14.0. The first-order chi connectivity index (χ1) is 20.3. The highest BCUT2D eigenvalue weighted by Crippen LogP contribution is 2.60. The highest BCUT2D eigenvalue weighted by Gasteiger charge is 2.60. The quantitative estimate of drug-likeness (QED) is 0.148. The van der Waals surface area contributed by atoms with Crippen LogP contribution in [-0.2, 0) is 0 Å². The highest BCUT2D eigenvalue weighted by atomic mass is 19.4.